The van der Waals surface area contributed by atoms with Crippen LogP contribution in [0, 0.1) is 0 Å². The Morgan fingerprint density at radius 3 is 2.54 bits per heavy atom. The van der Waals surface area contributed by atoms with Crippen molar-refractivity contribution in [3.63, 3.8) is 0 Å². The molecule has 0 aliphatic heterocycles. The number of carbonyl (C=O) groups is 1. The van der Waals surface area contributed by atoms with Gasteiger partial charge in [-0.1, -0.05) is 12.1 Å². The largest absolute Gasteiger partial charge is 0.416 e. The number of hydrogen-bond donors (Lipinski definition) is 3. The maximum Gasteiger partial charge on any atom is 0.416 e. The van der Waals surface area contributed by atoms with Crippen LogP contribution in [0.4, 0.5) is 18.0 Å². The van der Waals surface area contributed by atoms with Crippen LogP contribution in [0.5, 0.6) is 0 Å². The van der Waals surface area contributed by atoms with Crippen molar-refractivity contribution in [3.05, 3.63) is 59.9 Å². The van der Waals surface area contributed by atoms with E-state index >= 15 is 0 Å². The highest BCUT2D eigenvalue weighted by Gasteiger charge is 2.30. The summed E-state index contributed by atoms with van der Waals surface area (Å²) >= 11 is 0. The molecule has 0 spiro atoms. The fourth-order valence-electron chi connectivity index (χ4n) is 2.11. The SMILES string of the molecule is O=C(NCCn1cccc1)NCC(O)c1cccc(C(F)(F)F)c1. The van der Waals surface area contributed by atoms with E-state index in [4.69, 9.17) is 0 Å². The number of hydrogen-bond acceptors (Lipinski definition) is 2. The highest BCUT2D eigenvalue weighted by Crippen LogP contribution is 2.30. The fourth-order valence-corrected chi connectivity index (χ4v) is 2.11. The van der Waals surface area contributed by atoms with Gasteiger partial charge in [0.15, 0.2) is 0 Å². The average molecular weight is 341 g/mol. The van der Waals surface area contributed by atoms with Gasteiger partial charge in [-0.2, -0.15) is 13.2 Å². The van der Waals surface area contributed by atoms with E-state index in [0.29, 0.717) is 13.1 Å². The molecule has 8 heteroatoms. The van der Waals surface area contributed by atoms with Gasteiger partial charge in [0.05, 0.1) is 11.7 Å². The third-order valence-corrected chi connectivity index (χ3v) is 3.38. The lowest BCUT2D eigenvalue weighted by Gasteiger charge is -2.15. The van der Waals surface area contributed by atoms with E-state index < -0.39 is 23.9 Å². The number of benzene rings is 1. The molecule has 0 radical (unpaired) electrons. The molecule has 24 heavy (non-hydrogen) atoms. The van der Waals surface area contributed by atoms with Crippen molar-refractivity contribution in [2.45, 2.75) is 18.8 Å². The van der Waals surface area contributed by atoms with Crippen molar-refractivity contribution in [2.75, 3.05) is 13.1 Å². The standard InChI is InChI=1S/C16H18F3N3O2/c17-16(18,19)13-5-3-4-12(10-13)14(23)11-21-15(24)20-6-9-22-7-1-2-8-22/h1-5,7-8,10,14,23H,6,9,11H2,(H2,20,21,24). The van der Waals surface area contributed by atoms with Crippen LogP contribution >= 0.6 is 0 Å². The number of nitrogens with one attached hydrogen (secondary N) is 2. The van der Waals surface area contributed by atoms with Gasteiger partial charge in [0.2, 0.25) is 0 Å². The summed E-state index contributed by atoms with van der Waals surface area (Å²) in [5.41, 5.74) is -0.743. The quantitative estimate of drug-likeness (QED) is 0.756. The van der Waals surface area contributed by atoms with Gasteiger partial charge >= 0.3 is 12.2 Å². The lowest BCUT2D eigenvalue weighted by molar-refractivity contribution is -0.137. The van der Waals surface area contributed by atoms with Crippen molar-refractivity contribution < 1.29 is 23.1 Å². The Morgan fingerprint density at radius 1 is 1.17 bits per heavy atom. The summed E-state index contributed by atoms with van der Waals surface area (Å²) in [6.45, 7) is 0.799. The molecule has 2 amide bonds. The van der Waals surface area contributed by atoms with E-state index in [0.717, 1.165) is 12.1 Å². The van der Waals surface area contributed by atoms with Crippen molar-refractivity contribution in [1.29, 1.82) is 0 Å². The zero-order valence-electron chi connectivity index (χ0n) is 12.8. The summed E-state index contributed by atoms with van der Waals surface area (Å²) in [6.07, 6.45) is -1.98. The first-order valence-electron chi connectivity index (χ1n) is 7.34. The minimum absolute atomic E-state index is 0.0949. The van der Waals surface area contributed by atoms with Gasteiger partial charge in [0.25, 0.3) is 0 Å². The Kier molecular flexibility index (Phi) is 5.86. The smallest absolute Gasteiger partial charge is 0.387 e. The number of aliphatic hydroxyl groups excluding tert-OH is 1. The third kappa shape index (κ3) is 5.31. The number of rotatable bonds is 6. The summed E-state index contributed by atoms with van der Waals surface area (Å²) in [7, 11) is 0. The molecule has 2 rings (SSSR count). The molecular weight excluding hydrogens is 323 g/mol. The number of aromatic nitrogens is 1. The molecular formula is C16H18F3N3O2. The Bertz CT molecular complexity index is 657. The molecule has 5 nitrogen and oxygen atoms in total. The second kappa shape index (κ2) is 7.87. The zero-order chi connectivity index (χ0) is 17.6. The predicted octanol–water partition coefficient (Wildman–Crippen LogP) is 2.54. The number of aliphatic hydroxyl groups is 1. The minimum atomic E-state index is -4.47. The maximum atomic E-state index is 12.6. The molecule has 1 aromatic carbocycles. The highest BCUT2D eigenvalue weighted by molar-refractivity contribution is 5.73. The summed E-state index contributed by atoms with van der Waals surface area (Å²) in [6, 6.07) is 7.64. The first-order chi connectivity index (χ1) is 11.4. The molecule has 0 saturated heterocycles. The molecule has 1 aromatic heterocycles. The van der Waals surface area contributed by atoms with Crippen molar-refractivity contribution in [3.8, 4) is 0 Å². The van der Waals surface area contributed by atoms with Crippen LogP contribution < -0.4 is 10.6 Å². The molecule has 0 aliphatic rings. The summed E-state index contributed by atoms with van der Waals surface area (Å²) < 4.78 is 39.8. The maximum absolute atomic E-state index is 12.6. The van der Waals surface area contributed by atoms with Gasteiger partial charge in [-0.05, 0) is 29.8 Å². The Morgan fingerprint density at radius 2 is 1.88 bits per heavy atom. The van der Waals surface area contributed by atoms with E-state index in [9.17, 15) is 23.1 Å². The van der Waals surface area contributed by atoms with E-state index in [1.54, 1.807) is 0 Å². The van der Waals surface area contributed by atoms with Gasteiger partial charge in [0, 0.05) is 32.0 Å². The van der Waals surface area contributed by atoms with Crippen molar-refractivity contribution in [2.24, 2.45) is 0 Å². The van der Waals surface area contributed by atoms with Gasteiger partial charge in [-0.15, -0.1) is 0 Å². The summed E-state index contributed by atoms with van der Waals surface area (Å²) in [5, 5.41) is 15.0. The summed E-state index contributed by atoms with van der Waals surface area (Å²) in [5.74, 6) is 0. The Labute approximate surface area is 137 Å². The second-order valence-electron chi connectivity index (χ2n) is 5.20. The van der Waals surface area contributed by atoms with E-state index in [2.05, 4.69) is 10.6 Å². The predicted molar refractivity (Wildman–Crippen MR) is 82.2 cm³/mol. The van der Waals surface area contributed by atoms with Gasteiger partial charge in [-0.25, -0.2) is 4.79 Å². The number of amides is 2. The first kappa shape index (κ1) is 17.9. The molecule has 1 atom stereocenters. The molecule has 130 valence electrons. The van der Waals surface area contributed by atoms with Crippen LogP contribution in [0.15, 0.2) is 48.8 Å². The van der Waals surface area contributed by atoms with E-state index in [-0.39, 0.29) is 12.1 Å². The number of carbonyl (C=O) groups excluding carboxylic acids is 1. The number of alkyl halides is 3. The van der Waals surface area contributed by atoms with Crippen LogP contribution in [0.1, 0.15) is 17.2 Å². The topological polar surface area (TPSA) is 66.3 Å². The fraction of sp³-hybridized carbons (Fsp3) is 0.312. The number of urea groups is 1. The molecule has 3 N–H and O–H groups in total. The van der Waals surface area contributed by atoms with Crippen LogP contribution in [0.2, 0.25) is 0 Å². The molecule has 0 saturated carbocycles. The molecule has 1 heterocycles. The molecule has 1 unspecified atom stereocenters. The van der Waals surface area contributed by atoms with Crippen LogP contribution in [0.25, 0.3) is 0 Å². The second-order valence-corrected chi connectivity index (χ2v) is 5.20. The monoisotopic (exact) mass is 341 g/mol. The lowest BCUT2D eigenvalue weighted by Crippen LogP contribution is -2.39. The molecule has 0 bridgehead atoms. The average Bonchev–Trinajstić information content (AvgIpc) is 3.05. The third-order valence-electron chi connectivity index (χ3n) is 3.38. The normalized spacial score (nSPS) is 12.7. The molecule has 2 aromatic rings. The van der Waals surface area contributed by atoms with Gasteiger partial charge < -0.3 is 20.3 Å². The Hall–Kier alpha value is -2.48. The van der Waals surface area contributed by atoms with Crippen LogP contribution in [-0.2, 0) is 12.7 Å². The van der Waals surface area contributed by atoms with E-state index in [1.807, 2.05) is 29.1 Å². The number of nitrogens with zero attached hydrogens (tertiary/aromatic N) is 1. The summed E-state index contributed by atoms with van der Waals surface area (Å²) in [4.78, 5) is 11.6. The van der Waals surface area contributed by atoms with Crippen LogP contribution in [-0.4, -0.2) is 28.8 Å². The lowest BCUT2D eigenvalue weighted by atomic mass is 10.1. The molecule has 0 aliphatic carbocycles. The van der Waals surface area contributed by atoms with Gasteiger partial charge in [0.1, 0.15) is 0 Å². The van der Waals surface area contributed by atoms with Crippen molar-refractivity contribution in [1.82, 2.24) is 15.2 Å². The van der Waals surface area contributed by atoms with Crippen molar-refractivity contribution >= 4 is 6.03 Å². The minimum Gasteiger partial charge on any atom is -0.387 e. The zero-order valence-corrected chi connectivity index (χ0v) is 12.8. The number of halogens is 3. The van der Waals surface area contributed by atoms with E-state index in [1.165, 1.54) is 12.1 Å². The Balaban J connectivity index is 1.78. The highest BCUT2D eigenvalue weighted by atomic mass is 19.4. The van der Waals surface area contributed by atoms with Crippen LogP contribution in [0.3, 0.4) is 0 Å². The first-order valence-corrected chi connectivity index (χ1v) is 7.34. The molecule has 0 fully saturated rings. The van der Waals surface area contributed by atoms with Gasteiger partial charge in [-0.3, -0.25) is 0 Å².